The first-order chi connectivity index (χ1) is 11.4. The molecular formula is C20H27N2O2+. The largest absolute Gasteiger partial charge is 0.382 e. The van der Waals surface area contributed by atoms with Crippen molar-refractivity contribution in [2.24, 2.45) is 5.73 Å². The first-order valence-electron chi connectivity index (χ1n) is 8.31. The number of aryl methyl sites for hydroxylation is 1. The number of benzene rings is 2. The van der Waals surface area contributed by atoms with Gasteiger partial charge in [0.1, 0.15) is 12.6 Å². The summed E-state index contributed by atoms with van der Waals surface area (Å²) in [5.41, 5.74) is 7.95. The van der Waals surface area contributed by atoms with Crippen LogP contribution in [0, 0.1) is 0 Å². The molecule has 1 amide bonds. The Balaban J connectivity index is 1.82. The van der Waals surface area contributed by atoms with Crippen LogP contribution in [0.1, 0.15) is 34.0 Å². The van der Waals surface area contributed by atoms with Gasteiger partial charge in [0.05, 0.1) is 20.6 Å². The molecule has 0 spiro atoms. The van der Waals surface area contributed by atoms with E-state index in [1.165, 1.54) is 5.56 Å². The van der Waals surface area contributed by atoms with Crippen molar-refractivity contribution in [3.8, 4) is 0 Å². The van der Waals surface area contributed by atoms with E-state index in [0.29, 0.717) is 12.1 Å². The van der Waals surface area contributed by atoms with Crippen LogP contribution in [0.2, 0.25) is 0 Å². The van der Waals surface area contributed by atoms with Gasteiger partial charge in [-0.25, -0.2) is 0 Å². The van der Waals surface area contributed by atoms with Crippen molar-refractivity contribution in [1.82, 2.24) is 0 Å². The minimum Gasteiger partial charge on any atom is -0.382 e. The number of aliphatic hydroxyl groups excluding tert-OH is 1. The highest BCUT2D eigenvalue weighted by Gasteiger charge is 2.21. The molecule has 0 heterocycles. The van der Waals surface area contributed by atoms with Gasteiger partial charge in [-0.05, 0) is 29.7 Å². The van der Waals surface area contributed by atoms with E-state index < -0.39 is 12.0 Å². The molecule has 1 unspecified atom stereocenters. The number of rotatable bonds is 8. The second-order valence-corrected chi connectivity index (χ2v) is 6.93. The number of hydrogen-bond donors (Lipinski definition) is 2. The first-order valence-corrected chi connectivity index (χ1v) is 8.31. The lowest BCUT2D eigenvalue weighted by atomic mass is 10.1. The Kier molecular flexibility index (Phi) is 6.12. The maximum absolute atomic E-state index is 11.1. The Morgan fingerprint density at radius 3 is 2.29 bits per heavy atom. The monoisotopic (exact) mass is 327 g/mol. The molecule has 4 heteroatoms. The third kappa shape index (κ3) is 5.48. The fourth-order valence-corrected chi connectivity index (χ4v) is 2.89. The zero-order valence-corrected chi connectivity index (χ0v) is 14.5. The number of carbonyl (C=O) groups excluding carboxylic acids is 1. The fourth-order valence-electron chi connectivity index (χ4n) is 2.89. The minimum absolute atomic E-state index is 0.394. The molecular weight excluding hydrogens is 300 g/mol. The molecule has 2 rings (SSSR count). The standard InChI is InChI=1S/C20H26N2O2/c1-22(2,15-19(23)17-8-4-3-5-9-17)14-6-7-16-10-12-18(13-11-16)20(21)24/h3-5,8-13,19,23H,6-7,14-15H2,1-2H3,(H-,21,24)/p+1. The van der Waals surface area contributed by atoms with E-state index in [4.69, 9.17) is 5.73 Å². The smallest absolute Gasteiger partial charge is 0.248 e. The molecule has 0 saturated heterocycles. The lowest BCUT2D eigenvalue weighted by Crippen LogP contribution is -2.43. The van der Waals surface area contributed by atoms with Crippen LogP contribution in [0.3, 0.4) is 0 Å². The molecule has 0 saturated carbocycles. The number of amides is 1. The van der Waals surface area contributed by atoms with Crippen LogP contribution < -0.4 is 5.73 Å². The predicted octanol–water partition coefficient (Wildman–Crippen LogP) is 2.53. The summed E-state index contributed by atoms with van der Waals surface area (Å²) in [6.07, 6.45) is 1.52. The second-order valence-electron chi connectivity index (χ2n) is 6.93. The maximum Gasteiger partial charge on any atom is 0.248 e. The highest BCUT2D eigenvalue weighted by molar-refractivity contribution is 5.92. The van der Waals surface area contributed by atoms with Gasteiger partial charge in [0.15, 0.2) is 0 Å². The van der Waals surface area contributed by atoms with E-state index >= 15 is 0 Å². The molecule has 0 aliphatic rings. The molecule has 0 aliphatic heterocycles. The van der Waals surface area contributed by atoms with Crippen molar-refractivity contribution < 1.29 is 14.4 Å². The summed E-state index contributed by atoms with van der Waals surface area (Å²) < 4.78 is 0.759. The molecule has 0 aromatic heterocycles. The summed E-state index contributed by atoms with van der Waals surface area (Å²) in [5.74, 6) is -0.394. The van der Waals surface area contributed by atoms with E-state index in [1.807, 2.05) is 42.5 Å². The molecule has 0 radical (unpaired) electrons. The highest BCUT2D eigenvalue weighted by atomic mass is 16.3. The molecule has 128 valence electrons. The van der Waals surface area contributed by atoms with Crippen LogP contribution in [0.25, 0.3) is 0 Å². The number of quaternary nitrogens is 1. The van der Waals surface area contributed by atoms with Crippen molar-refractivity contribution in [3.05, 3.63) is 71.3 Å². The number of nitrogens with two attached hydrogens (primary N) is 1. The van der Waals surface area contributed by atoms with Crippen molar-refractivity contribution in [3.63, 3.8) is 0 Å². The molecule has 0 bridgehead atoms. The van der Waals surface area contributed by atoms with Gasteiger partial charge in [-0.1, -0.05) is 42.5 Å². The van der Waals surface area contributed by atoms with Gasteiger partial charge in [0.25, 0.3) is 0 Å². The van der Waals surface area contributed by atoms with Crippen LogP contribution in [0.5, 0.6) is 0 Å². The summed E-state index contributed by atoms with van der Waals surface area (Å²) in [5, 5.41) is 10.4. The summed E-state index contributed by atoms with van der Waals surface area (Å²) >= 11 is 0. The average molecular weight is 327 g/mol. The van der Waals surface area contributed by atoms with Crippen LogP contribution >= 0.6 is 0 Å². The second kappa shape index (κ2) is 8.08. The van der Waals surface area contributed by atoms with Crippen molar-refractivity contribution >= 4 is 5.91 Å². The molecule has 2 aromatic rings. The van der Waals surface area contributed by atoms with E-state index in [9.17, 15) is 9.90 Å². The van der Waals surface area contributed by atoms with Crippen LogP contribution in [0.4, 0.5) is 0 Å². The maximum atomic E-state index is 11.1. The van der Waals surface area contributed by atoms with Gasteiger partial charge in [-0.3, -0.25) is 4.79 Å². The third-order valence-electron chi connectivity index (χ3n) is 4.32. The third-order valence-corrected chi connectivity index (χ3v) is 4.32. The van der Waals surface area contributed by atoms with E-state index in [-0.39, 0.29) is 0 Å². The summed E-state index contributed by atoms with van der Waals surface area (Å²) in [7, 11) is 4.28. The molecule has 2 aromatic carbocycles. The lowest BCUT2D eigenvalue weighted by molar-refractivity contribution is -0.894. The average Bonchev–Trinajstić information content (AvgIpc) is 2.55. The number of carbonyl (C=O) groups is 1. The molecule has 24 heavy (non-hydrogen) atoms. The lowest BCUT2D eigenvalue weighted by Gasteiger charge is -2.32. The predicted molar refractivity (Wildman–Crippen MR) is 96.5 cm³/mol. The van der Waals surface area contributed by atoms with Crippen molar-refractivity contribution in [2.45, 2.75) is 18.9 Å². The van der Waals surface area contributed by atoms with E-state index in [0.717, 1.165) is 29.4 Å². The van der Waals surface area contributed by atoms with Crippen molar-refractivity contribution in [2.75, 3.05) is 27.2 Å². The van der Waals surface area contributed by atoms with Gasteiger partial charge in [-0.15, -0.1) is 0 Å². The van der Waals surface area contributed by atoms with Gasteiger partial charge in [0.2, 0.25) is 5.91 Å². The van der Waals surface area contributed by atoms with E-state index in [2.05, 4.69) is 14.1 Å². The number of primary amides is 1. The zero-order valence-electron chi connectivity index (χ0n) is 14.5. The van der Waals surface area contributed by atoms with Gasteiger partial charge in [-0.2, -0.15) is 0 Å². The van der Waals surface area contributed by atoms with Gasteiger partial charge >= 0.3 is 0 Å². The summed E-state index contributed by atoms with van der Waals surface area (Å²) in [6.45, 7) is 1.66. The number of likely N-dealkylation sites (N-methyl/N-ethyl adjacent to an activating group) is 1. The summed E-state index contributed by atoms with van der Waals surface area (Å²) in [4.78, 5) is 11.1. The fraction of sp³-hybridized carbons (Fsp3) is 0.350. The van der Waals surface area contributed by atoms with E-state index in [1.54, 1.807) is 12.1 Å². The number of aliphatic hydroxyl groups is 1. The quantitative estimate of drug-likeness (QED) is 0.732. The first kappa shape index (κ1) is 18.2. The topological polar surface area (TPSA) is 63.3 Å². The molecule has 4 nitrogen and oxygen atoms in total. The van der Waals surface area contributed by atoms with Crippen LogP contribution in [-0.2, 0) is 6.42 Å². The molecule has 0 aliphatic carbocycles. The Morgan fingerprint density at radius 1 is 1.08 bits per heavy atom. The minimum atomic E-state index is -0.448. The SMILES string of the molecule is C[N+](C)(CCCc1ccc(C(N)=O)cc1)CC(O)c1ccccc1. The van der Waals surface area contributed by atoms with Crippen LogP contribution in [0.15, 0.2) is 54.6 Å². The molecule has 0 fully saturated rings. The van der Waals surface area contributed by atoms with Crippen molar-refractivity contribution in [1.29, 1.82) is 0 Å². The zero-order chi connectivity index (χ0) is 17.6. The Labute approximate surface area is 144 Å². The Morgan fingerprint density at radius 2 is 1.71 bits per heavy atom. The Bertz CT molecular complexity index is 651. The van der Waals surface area contributed by atoms with Gasteiger partial charge in [0, 0.05) is 12.0 Å². The molecule has 3 N–H and O–H groups in total. The van der Waals surface area contributed by atoms with Crippen LogP contribution in [-0.4, -0.2) is 42.7 Å². The number of hydrogen-bond acceptors (Lipinski definition) is 2. The summed E-state index contributed by atoms with van der Waals surface area (Å²) in [6, 6.07) is 17.3. The Hall–Kier alpha value is -2.17. The van der Waals surface area contributed by atoms with Gasteiger partial charge < -0.3 is 15.3 Å². The molecule has 1 atom stereocenters. The highest BCUT2D eigenvalue weighted by Crippen LogP contribution is 2.17. The normalized spacial score (nSPS) is 12.8. The number of nitrogens with zero attached hydrogens (tertiary/aromatic N) is 1.